The summed E-state index contributed by atoms with van der Waals surface area (Å²) in [5.41, 5.74) is 2.64. The Kier molecular flexibility index (Phi) is 7.10. The van der Waals surface area contributed by atoms with Crippen LogP contribution >= 0.6 is 23.4 Å². The van der Waals surface area contributed by atoms with Crippen LogP contribution in [0.25, 0.3) is 6.08 Å². The van der Waals surface area contributed by atoms with Crippen molar-refractivity contribution in [1.82, 2.24) is 4.90 Å². The van der Waals surface area contributed by atoms with Gasteiger partial charge in [-0.25, -0.2) is 4.99 Å². The molecule has 7 heteroatoms. The third-order valence-corrected chi connectivity index (χ3v) is 6.05. The minimum absolute atomic E-state index is 0.0162. The van der Waals surface area contributed by atoms with Gasteiger partial charge in [-0.3, -0.25) is 9.69 Å². The summed E-state index contributed by atoms with van der Waals surface area (Å²) in [6.45, 7) is 8.30. The van der Waals surface area contributed by atoms with Crippen LogP contribution < -0.4 is 4.74 Å². The average molecular weight is 445 g/mol. The van der Waals surface area contributed by atoms with E-state index in [0.717, 1.165) is 17.7 Å². The van der Waals surface area contributed by atoms with Crippen molar-refractivity contribution in [1.29, 1.82) is 0 Å². The second-order valence-corrected chi connectivity index (χ2v) is 8.47. The smallest absolute Gasteiger partial charge is 0.266 e. The Labute approximate surface area is 186 Å². The monoisotopic (exact) mass is 444 g/mol. The van der Waals surface area contributed by atoms with Gasteiger partial charge in [-0.2, -0.15) is 0 Å². The maximum Gasteiger partial charge on any atom is 0.266 e. The molecule has 0 aromatic heterocycles. The normalized spacial score (nSPS) is 17.8. The fraction of sp³-hybridized carbons (Fsp3) is 0.304. The number of amidine groups is 1. The number of halogens is 1. The highest BCUT2D eigenvalue weighted by atomic mass is 35.5. The van der Waals surface area contributed by atoms with E-state index in [4.69, 9.17) is 21.3 Å². The molecule has 1 saturated heterocycles. The van der Waals surface area contributed by atoms with Gasteiger partial charge in [0.2, 0.25) is 0 Å². The fourth-order valence-electron chi connectivity index (χ4n) is 2.96. The quantitative estimate of drug-likeness (QED) is 0.542. The summed E-state index contributed by atoms with van der Waals surface area (Å²) in [7, 11) is 0. The average Bonchev–Trinajstić information content (AvgIpc) is 3.02. The number of phenolic OH excluding ortho intramolecular Hbond substituents is 1. The summed E-state index contributed by atoms with van der Waals surface area (Å²) >= 11 is 7.48. The van der Waals surface area contributed by atoms with Crippen molar-refractivity contribution < 1.29 is 14.6 Å². The van der Waals surface area contributed by atoms with E-state index in [1.165, 1.54) is 11.8 Å². The van der Waals surface area contributed by atoms with Gasteiger partial charge < -0.3 is 9.84 Å². The number of ether oxygens (including phenoxy) is 1. The van der Waals surface area contributed by atoms with Crippen molar-refractivity contribution >= 4 is 46.2 Å². The van der Waals surface area contributed by atoms with E-state index >= 15 is 0 Å². The summed E-state index contributed by atoms with van der Waals surface area (Å²) in [5, 5.41) is 10.9. The summed E-state index contributed by atoms with van der Waals surface area (Å²) in [6, 6.07) is 11.2. The summed E-state index contributed by atoms with van der Waals surface area (Å²) in [5.74, 6) is 0.0934. The van der Waals surface area contributed by atoms with Crippen molar-refractivity contribution in [2.24, 2.45) is 4.99 Å². The van der Waals surface area contributed by atoms with Crippen LogP contribution in [0.4, 0.5) is 5.69 Å². The molecule has 1 atom stereocenters. The topological polar surface area (TPSA) is 62.1 Å². The van der Waals surface area contributed by atoms with Crippen LogP contribution in [-0.4, -0.2) is 33.7 Å². The molecule has 1 N–H and O–H groups in total. The number of hydrogen-bond donors (Lipinski definition) is 1. The number of benzene rings is 2. The molecule has 0 bridgehead atoms. The lowest BCUT2D eigenvalue weighted by Gasteiger charge is -2.22. The van der Waals surface area contributed by atoms with E-state index in [9.17, 15) is 9.90 Å². The van der Waals surface area contributed by atoms with Crippen molar-refractivity contribution in [3.8, 4) is 11.5 Å². The largest absolute Gasteiger partial charge is 0.503 e. The lowest BCUT2D eigenvalue weighted by molar-refractivity contribution is -0.123. The first-order valence-corrected chi connectivity index (χ1v) is 11.1. The Morgan fingerprint density at radius 2 is 1.97 bits per heavy atom. The molecule has 1 fully saturated rings. The molecule has 0 unspecified atom stereocenters. The Morgan fingerprint density at radius 3 is 2.60 bits per heavy atom. The highest BCUT2D eigenvalue weighted by Gasteiger charge is 2.36. The molecule has 0 radical (unpaired) electrons. The molecule has 0 saturated carbocycles. The zero-order chi connectivity index (χ0) is 21.8. The lowest BCUT2D eigenvalue weighted by Crippen LogP contribution is -2.36. The number of thioether (sulfide) groups is 1. The predicted molar refractivity (Wildman–Crippen MR) is 125 cm³/mol. The number of rotatable bonds is 6. The SMILES string of the molecule is CCOc1cc(/C=C2/SC(=Nc3ccc(C)cc3)N([C@@H](C)CC)C2=O)cc(Cl)c1O. The van der Waals surface area contributed by atoms with Gasteiger partial charge in [-0.15, -0.1) is 0 Å². The number of amides is 1. The van der Waals surface area contributed by atoms with Gasteiger partial charge in [-0.05, 0) is 74.9 Å². The molecule has 0 aliphatic carbocycles. The van der Waals surface area contributed by atoms with Gasteiger partial charge >= 0.3 is 0 Å². The van der Waals surface area contributed by atoms with Gasteiger partial charge in [0.25, 0.3) is 5.91 Å². The standard InChI is InChI=1S/C23H25ClN2O3S/c1-5-15(4)26-22(28)20(30-23(26)25-17-9-7-14(3)8-10-17)13-16-11-18(24)21(27)19(12-16)29-6-2/h7-13,15,27H,5-6H2,1-4H3/b20-13+,25-23?/t15-/m0/s1. The van der Waals surface area contributed by atoms with Gasteiger partial charge in [0.05, 0.1) is 22.2 Å². The molecule has 158 valence electrons. The number of aliphatic imine (C=N–C) groups is 1. The number of phenols is 1. The fourth-order valence-corrected chi connectivity index (χ4v) is 4.27. The number of carbonyl (C=O) groups is 1. The number of carbonyl (C=O) groups excluding carboxylic acids is 1. The Balaban J connectivity index is 2.00. The first-order chi connectivity index (χ1) is 14.3. The first-order valence-electron chi connectivity index (χ1n) is 9.87. The van der Waals surface area contributed by atoms with Crippen molar-refractivity contribution in [2.45, 2.75) is 40.2 Å². The molecule has 2 aromatic rings. The van der Waals surface area contributed by atoms with Gasteiger partial charge in [0.1, 0.15) is 0 Å². The molecule has 30 heavy (non-hydrogen) atoms. The minimum atomic E-state index is -0.103. The third kappa shape index (κ3) is 4.82. The molecule has 1 aliphatic heterocycles. The number of aromatic hydroxyl groups is 1. The van der Waals surface area contributed by atoms with Crippen LogP contribution in [0.3, 0.4) is 0 Å². The Hall–Kier alpha value is -2.44. The van der Waals surface area contributed by atoms with Crippen LogP contribution in [0, 0.1) is 6.92 Å². The molecule has 1 aliphatic rings. The molecular formula is C23H25ClN2O3S. The lowest BCUT2D eigenvalue weighted by atomic mass is 10.1. The zero-order valence-electron chi connectivity index (χ0n) is 17.5. The minimum Gasteiger partial charge on any atom is -0.503 e. The second kappa shape index (κ2) is 9.58. The second-order valence-electron chi connectivity index (χ2n) is 7.06. The molecule has 3 rings (SSSR count). The molecule has 1 amide bonds. The van der Waals surface area contributed by atoms with Crippen LogP contribution in [-0.2, 0) is 4.79 Å². The highest BCUT2D eigenvalue weighted by molar-refractivity contribution is 8.18. The van der Waals surface area contributed by atoms with Crippen LogP contribution in [0.5, 0.6) is 11.5 Å². The summed E-state index contributed by atoms with van der Waals surface area (Å²) in [6.07, 6.45) is 2.57. The van der Waals surface area contributed by atoms with E-state index in [1.807, 2.05) is 52.0 Å². The van der Waals surface area contributed by atoms with Crippen LogP contribution in [0.15, 0.2) is 46.3 Å². The number of nitrogens with zero attached hydrogens (tertiary/aromatic N) is 2. The first kappa shape index (κ1) is 22.2. The number of aryl methyl sites for hydroxylation is 1. The number of hydrogen-bond acceptors (Lipinski definition) is 5. The zero-order valence-corrected chi connectivity index (χ0v) is 19.0. The van der Waals surface area contributed by atoms with Gasteiger partial charge in [0.15, 0.2) is 16.7 Å². The molecular weight excluding hydrogens is 420 g/mol. The van der Waals surface area contributed by atoms with E-state index in [-0.39, 0.29) is 22.7 Å². The predicted octanol–water partition coefficient (Wildman–Crippen LogP) is 6.16. The molecule has 1 heterocycles. The van der Waals surface area contributed by atoms with Crippen LogP contribution in [0.2, 0.25) is 5.02 Å². The van der Waals surface area contributed by atoms with Crippen molar-refractivity contribution in [2.75, 3.05) is 6.61 Å². The maximum absolute atomic E-state index is 13.2. The molecule has 5 nitrogen and oxygen atoms in total. The van der Waals surface area contributed by atoms with E-state index in [1.54, 1.807) is 23.1 Å². The maximum atomic E-state index is 13.2. The van der Waals surface area contributed by atoms with E-state index < -0.39 is 0 Å². The van der Waals surface area contributed by atoms with E-state index in [0.29, 0.717) is 28.0 Å². The van der Waals surface area contributed by atoms with Crippen LogP contribution in [0.1, 0.15) is 38.3 Å². The molecule has 2 aromatic carbocycles. The van der Waals surface area contributed by atoms with E-state index in [2.05, 4.69) is 0 Å². The summed E-state index contributed by atoms with van der Waals surface area (Å²) in [4.78, 5) is 20.2. The van der Waals surface area contributed by atoms with Gasteiger partial charge in [0, 0.05) is 6.04 Å². The summed E-state index contributed by atoms with van der Waals surface area (Å²) < 4.78 is 5.45. The van der Waals surface area contributed by atoms with Crippen molar-refractivity contribution in [3.63, 3.8) is 0 Å². The van der Waals surface area contributed by atoms with Gasteiger partial charge in [-0.1, -0.05) is 36.2 Å². The third-order valence-electron chi connectivity index (χ3n) is 4.78. The van der Waals surface area contributed by atoms with Crippen molar-refractivity contribution in [3.05, 3.63) is 57.5 Å². The Bertz CT molecular complexity index is 1000. The highest BCUT2D eigenvalue weighted by Crippen LogP contribution is 2.39. The molecule has 0 spiro atoms. The Morgan fingerprint density at radius 1 is 1.27 bits per heavy atom.